The lowest BCUT2D eigenvalue weighted by molar-refractivity contribution is -0.139. The first-order chi connectivity index (χ1) is 9.56. The van der Waals surface area contributed by atoms with Crippen molar-refractivity contribution in [2.75, 3.05) is 25.9 Å². The van der Waals surface area contributed by atoms with Gasteiger partial charge < -0.3 is 16.0 Å². The minimum Gasteiger partial charge on any atom is -0.399 e. The molecule has 0 spiro atoms. The van der Waals surface area contributed by atoms with Gasteiger partial charge >= 0.3 is 0 Å². The highest BCUT2D eigenvalue weighted by Crippen LogP contribution is 2.17. The van der Waals surface area contributed by atoms with Gasteiger partial charge in [0.15, 0.2) is 0 Å². The molecule has 108 valence electrons. The highest BCUT2D eigenvalue weighted by molar-refractivity contribution is 5.86. The van der Waals surface area contributed by atoms with Crippen molar-refractivity contribution in [2.45, 2.75) is 19.3 Å². The first-order valence-corrected chi connectivity index (χ1v) is 6.92. The maximum Gasteiger partial charge on any atom is 0.223 e. The number of likely N-dealkylation sites (tertiary alicyclic amines) is 1. The lowest BCUT2D eigenvalue weighted by atomic mass is 9.95. The van der Waals surface area contributed by atoms with Crippen molar-refractivity contribution in [3.63, 3.8) is 0 Å². The molecule has 1 aliphatic heterocycles. The number of amides is 2. The molecule has 5 heteroatoms. The Balaban J connectivity index is 1.75. The molecule has 1 heterocycles. The van der Waals surface area contributed by atoms with Crippen LogP contribution in [0.25, 0.3) is 0 Å². The van der Waals surface area contributed by atoms with E-state index in [0.29, 0.717) is 19.5 Å². The SMILES string of the molecule is CN1CCC(C(=O)NCCc2ccc(N)cc2)CC1=O. The zero-order chi connectivity index (χ0) is 14.5. The second-order valence-electron chi connectivity index (χ2n) is 5.29. The molecular formula is C15H21N3O2. The van der Waals surface area contributed by atoms with Crippen LogP contribution in [0.5, 0.6) is 0 Å². The molecule has 0 aliphatic carbocycles. The fraction of sp³-hybridized carbons (Fsp3) is 0.467. The number of anilines is 1. The molecule has 1 aromatic carbocycles. The summed E-state index contributed by atoms with van der Waals surface area (Å²) < 4.78 is 0. The number of nitrogens with two attached hydrogens (primary N) is 1. The monoisotopic (exact) mass is 275 g/mol. The Labute approximate surface area is 119 Å². The Hall–Kier alpha value is -2.04. The van der Waals surface area contributed by atoms with Gasteiger partial charge in [-0.2, -0.15) is 0 Å². The van der Waals surface area contributed by atoms with Gasteiger partial charge in [-0.15, -0.1) is 0 Å². The second-order valence-corrected chi connectivity index (χ2v) is 5.29. The highest BCUT2D eigenvalue weighted by atomic mass is 16.2. The standard InChI is InChI=1S/C15H21N3O2/c1-18-9-7-12(10-14(18)19)15(20)17-8-6-11-2-4-13(16)5-3-11/h2-5,12H,6-10,16H2,1H3,(H,17,20). The summed E-state index contributed by atoms with van der Waals surface area (Å²) in [7, 11) is 1.78. The van der Waals surface area contributed by atoms with Gasteiger partial charge in [0.1, 0.15) is 0 Å². The van der Waals surface area contributed by atoms with Crippen LogP contribution in [0.2, 0.25) is 0 Å². The van der Waals surface area contributed by atoms with E-state index in [9.17, 15) is 9.59 Å². The molecule has 1 unspecified atom stereocenters. The Kier molecular flexibility index (Phi) is 4.61. The van der Waals surface area contributed by atoms with Gasteiger partial charge in [-0.1, -0.05) is 12.1 Å². The lowest BCUT2D eigenvalue weighted by Gasteiger charge is -2.27. The van der Waals surface area contributed by atoms with Gasteiger partial charge in [0, 0.05) is 38.2 Å². The van der Waals surface area contributed by atoms with E-state index >= 15 is 0 Å². The van der Waals surface area contributed by atoms with Crippen LogP contribution in [0.15, 0.2) is 24.3 Å². The van der Waals surface area contributed by atoms with Crippen LogP contribution in [-0.2, 0) is 16.0 Å². The summed E-state index contributed by atoms with van der Waals surface area (Å²) in [5, 5.41) is 2.91. The second kappa shape index (κ2) is 6.41. The molecule has 1 atom stereocenters. The van der Waals surface area contributed by atoms with Crippen LogP contribution in [0.1, 0.15) is 18.4 Å². The van der Waals surface area contributed by atoms with E-state index in [1.54, 1.807) is 11.9 Å². The average molecular weight is 275 g/mol. The van der Waals surface area contributed by atoms with Crippen LogP contribution < -0.4 is 11.1 Å². The Morgan fingerprint density at radius 2 is 2.10 bits per heavy atom. The topological polar surface area (TPSA) is 75.4 Å². The Bertz CT molecular complexity index is 484. The largest absolute Gasteiger partial charge is 0.399 e. The number of benzene rings is 1. The number of carbonyl (C=O) groups is 2. The first kappa shape index (κ1) is 14.4. The van der Waals surface area contributed by atoms with Crippen LogP contribution in [0.4, 0.5) is 5.69 Å². The molecular weight excluding hydrogens is 254 g/mol. The van der Waals surface area contributed by atoms with Crippen molar-refractivity contribution in [1.29, 1.82) is 0 Å². The van der Waals surface area contributed by atoms with E-state index in [2.05, 4.69) is 5.32 Å². The molecule has 0 aromatic heterocycles. The highest BCUT2D eigenvalue weighted by Gasteiger charge is 2.28. The van der Waals surface area contributed by atoms with Crippen LogP contribution >= 0.6 is 0 Å². The molecule has 1 saturated heterocycles. The van der Waals surface area contributed by atoms with Gasteiger partial charge in [-0.25, -0.2) is 0 Å². The zero-order valence-electron chi connectivity index (χ0n) is 11.8. The minimum atomic E-state index is -0.176. The number of piperidine rings is 1. The molecule has 3 N–H and O–H groups in total. The van der Waals surface area contributed by atoms with E-state index in [4.69, 9.17) is 5.73 Å². The van der Waals surface area contributed by atoms with Crippen LogP contribution in [0.3, 0.4) is 0 Å². The maximum absolute atomic E-state index is 12.0. The van der Waals surface area contributed by atoms with Gasteiger partial charge in [-0.05, 0) is 30.5 Å². The zero-order valence-corrected chi connectivity index (χ0v) is 11.8. The average Bonchev–Trinajstić information content (AvgIpc) is 2.44. The molecule has 0 saturated carbocycles. The van der Waals surface area contributed by atoms with Gasteiger partial charge in [0.05, 0.1) is 0 Å². The van der Waals surface area contributed by atoms with Crippen LogP contribution in [-0.4, -0.2) is 36.9 Å². The molecule has 1 aliphatic rings. The molecule has 0 radical (unpaired) electrons. The predicted molar refractivity (Wildman–Crippen MR) is 77.9 cm³/mol. The Morgan fingerprint density at radius 3 is 2.75 bits per heavy atom. The summed E-state index contributed by atoms with van der Waals surface area (Å²) in [6.07, 6.45) is 1.84. The molecule has 1 fully saturated rings. The fourth-order valence-corrected chi connectivity index (χ4v) is 2.33. The summed E-state index contributed by atoms with van der Waals surface area (Å²) in [5.41, 5.74) is 7.50. The smallest absolute Gasteiger partial charge is 0.223 e. The van der Waals surface area contributed by atoms with Crippen LogP contribution in [0, 0.1) is 5.92 Å². The third-order valence-electron chi connectivity index (χ3n) is 3.72. The quantitative estimate of drug-likeness (QED) is 0.798. The number of nitrogens with one attached hydrogen (secondary N) is 1. The van der Waals surface area contributed by atoms with E-state index in [1.807, 2.05) is 24.3 Å². The third-order valence-corrected chi connectivity index (χ3v) is 3.72. The first-order valence-electron chi connectivity index (χ1n) is 6.92. The Morgan fingerprint density at radius 1 is 1.40 bits per heavy atom. The third kappa shape index (κ3) is 3.73. The fourth-order valence-electron chi connectivity index (χ4n) is 2.33. The molecule has 5 nitrogen and oxygen atoms in total. The normalized spacial score (nSPS) is 18.9. The van der Waals surface area contributed by atoms with Crippen molar-refractivity contribution in [3.8, 4) is 0 Å². The number of hydrogen-bond donors (Lipinski definition) is 2. The molecule has 20 heavy (non-hydrogen) atoms. The van der Waals surface area contributed by atoms with Gasteiger partial charge in [0.25, 0.3) is 0 Å². The van der Waals surface area contributed by atoms with E-state index in [1.165, 1.54) is 0 Å². The maximum atomic E-state index is 12.0. The summed E-state index contributed by atoms with van der Waals surface area (Å²) in [4.78, 5) is 25.2. The molecule has 1 aromatic rings. The van der Waals surface area contributed by atoms with Gasteiger partial charge in [0.2, 0.25) is 11.8 Å². The number of hydrogen-bond acceptors (Lipinski definition) is 3. The van der Waals surface area contributed by atoms with E-state index < -0.39 is 0 Å². The number of carbonyl (C=O) groups excluding carboxylic acids is 2. The molecule has 2 amide bonds. The number of nitrogens with zero attached hydrogens (tertiary/aromatic N) is 1. The molecule has 0 bridgehead atoms. The van der Waals surface area contributed by atoms with E-state index in [-0.39, 0.29) is 17.7 Å². The summed E-state index contributed by atoms with van der Waals surface area (Å²) >= 11 is 0. The summed E-state index contributed by atoms with van der Waals surface area (Å²) in [6, 6.07) is 7.63. The van der Waals surface area contributed by atoms with Crippen molar-refractivity contribution in [1.82, 2.24) is 10.2 Å². The van der Waals surface area contributed by atoms with E-state index in [0.717, 1.165) is 24.1 Å². The minimum absolute atomic E-state index is 0.0121. The van der Waals surface area contributed by atoms with Crippen molar-refractivity contribution < 1.29 is 9.59 Å². The molecule has 2 rings (SSSR count). The van der Waals surface area contributed by atoms with Gasteiger partial charge in [-0.3, -0.25) is 9.59 Å². The summed E-state index contributed by atoms with van der Waals surface area (Å²) in [6.45, 7) is 1.25. The van der Waals surface area contributed by atoms with Crippen molar-refractivity contribution in [3.05, 3.63) is 29.8 Å². The van der Waals surface area contributed by atoms with Crippen molar-refractivity contribution >= 4 is 17.5 Å². The number of rotatable bonds is 4. The summed E-state index contributed by atoms with van der Waals surface area (Å²) in [5.74, 6) is -0.137. The predicted octanol–water partition coefficient (Wildman–Crippen LogP) is 0.796. The lowest BCUT2D eigenvalue weighted by Crippen LogP contribution is -2.42. The van der Waals surface area contributed by atoms with Crippen molar-refractivity contribution in [2.24, 2.45) is 5.92 Å². The number of nitrogen functional groups attached to an aromatic ring is 1.